The molecule has 1 amide bonds. The lowest BCUT2D eigenvalue weighted by molar-refractivity contribution is -0.948. The first-order valence-electron chi connectivity index (χ1n) is 10.1. The van der Waals surface area contributed by atoms with Gasteiger partial charge in [0.25, 0.3) is 0 Å². The lowest BCUT2D eigenvalue weighted by atomic mass is 9.87. The maximum absolute atomic E-state index is 13.3. The number of carbonyl (C=O) groups excluding carboxylic acids is 1. The van der Waals surface area contributed by atoms with E-state index in [1.165, 1.54) is 29.7 Å². The fourth-order valence-electron chi connectivity index (χ4n) is 4.31. The van der Waals surface area contributed by atoms with E-state index in [1.54, 1.807) is 14.2 Å². The molecule has 0 saturated carbocycles. The first kappa shape index (κ1) is 22.1. The maximum Gasteiger partial charge on any atom is 0.246 e. The van der Waals surface area contributed by atoms with Gasteiger partial charge in [-0.2, -0.15) is 0 Å². The lowest BCUT2D eigenvalue weighted by Gasteiger charge is -2.38. The SMILES string of the molecule is COCC(=O)N[C@@H](C)[C@@H]1c2cc(OC)c(OC)cc2CC[NH+]1Cc1ccc(F)cc1. The Morgan fingerprint density at radius 2 is 1.83 bits per heavy atom. The minimum absolute atomic E-state index is 0.000541. The van der Waals surface area contributed by atoms with Crippen molar-refractivity contribution in [3.05, 3.63) is 58.9 Å². The van der Waals surface area contributed by atoms with E-state index in [2.05, 4.69) is 5.32 Å². The van der Waals surface area contributed by atoms with Gasteiger partial charge in [-0.1, -0.05) is 12.1 Å². The van der Waals surface area contributed by atoms with Crippen molar-refractivity contribution in [3.8, 4) is 11.5 Å². The standard InChI is InChI=1S/C23H29FN2O4/c1-15(25-22(27)14-28-2)23-19-12-21(30-4)20(29-3)11-17(19)9-10-26(23)13-16-5-7-18(24)8-6-16/h5-8,11-12,15,23H,9-10,13-14H2,1-4H3,(H,25,27)/p+1/t15-,23+/m0/s1. The van der Waals surface area contributed by atoms with Crippen LogP contribution in [-0.2, 0) is 22.5 Å². The fraction of sp³-hybridized carbons (Fsp3) is 0.435. The highest BCUT2D eigenvalue weighted by atomic mass is 19.1. The Kier molecular flexibility index (Phi) is 7.29. The average Bonchev–Trinajstić information content (AvgIpc) is 2.74. The van der Waals surface area contributed by atoms with Gasteiger partial charge in [0.05, 0.1) is 26.8 Å². The summed E-state index contributed by atoms with van der Waals surface area (Å²) in [6, 6.07) is 10.5. The molecule has 0 radical (unpaired) electrons. The van der Waals surface area contributed by atoms with Crippen molar-refractivity contribution in [1.82, 2.24) is 5.32 Å². The molecule has 0 fully saturated rings. The van der Waals surface area contributed by atoms with Crippen LogP contribution >= 0.6 is 0 Å². The number of halogens is 1. The molecule has 1 aliphatic rings. The molecule has 1 heterocycles. The number of nitrogens with one attached hydrogen (secondary N) is 2. The molecule has 1 unspecified atom stereocenters. The quantitative estimate of drug-likeness (QED) is 0.686. The third-order valence-corrected chi connectivity index (χ3v) is 5.64. The molecule has 2 aromatic carbocycles. The average molecular weight is 418 g/mol. The van der Waals surface area contributed by atoms with Crippen molar-refractivity contribution < 1.29 is 28.3 Å². The molecule has 0 saturated heterocycles. The highest BCUT2D eigenvalue weighted by Crippen LogP contribution is 2.35. The summed E-state index contributed by atoms with van der Waals surface area (Å²) >= 11 is 0. The molecular weight excluding hydrogens is 387 g/mol. The Morgan fingerprint density at radius 1 is 1.17 bits per heavy atom. The van der Waals surface area contributed by atoms with E-state index in [4.69, 9.17) is 14.2 Å². The molecular formula is C23H30FN2O4+. The van der Waals surface area contributed by atoms with Gasteiger partial charge in [0.1, 0.15) is 25.0 Å². The molecule has 6 nitrogen and oxygen atoms in total. The molecule has 0 aromatic heterocycles. The lowest BCUT2D eigenvalue weighted by Crippen LogP contribution is -3.13. The van der Waals surface area contributed by atoms with Crippen LogP contribution in [0.15, 0.2) is 36.4 Å². The summed E-state index contributed by atoms with van der Waals surface area (Å²) in [5.74, 6) is 0.970. The largest absolute Gasteiger partial charge is 0.493 e. The number of hydrogen-bond acceptors (Lipinski definition) is 4. The number of hydrogen-bond donors (Lipinski definition) is 2. The number of fused-ring (bicyclic) bond motifs is 1. The molecule has 2 N–H and O–H groups in total. The number of rotatable bonds is 8. The number of benzene rings is 2. The Morgan fingerprint density at radius 3 is 2.47 bits per heavy atom. The summed E-state index contributed by atoms with van der Waals surface area (Å²) in [5.41, 5.74) is 3.37. The summed E-state index contributed by atoms with van der Waals surface area (Å²) in [5, 5.41) is 3.07. The van der Waals surface area contributed by atoms with Gasteiger partial charge in [0, 0.05) is 24.7 Å². The van der Waals surface area contributed by atoms with Crippen LogP contribution in [0, 0.1) is 5.82 Å². The molecule has 0 bridgehead atoms. The van der Waals surface area contributed by atoms with Crippen molar-refractivity contribution >= 4 is 5.91 Å². The van der Waals surface area contributed by atoms with Crippen molar-refractivity contribution in [3.63, 3.8) is 0 Å². The topological polar surface area (TPSA) is 61.2 Å². The molecule has 3 rings (SSSR count). The summed E-state index contributed by atoms with van der Waals surface area (Å²) in [6.07, 6.45) is 0.876. The molecule has 162 valence electrons. The van der Waals surface area contributed by atoms with Crippen LogP contribution in [0.4, 0.5) is 4.39 Å². The second kappa shape index (κ2) is 9.91. The number of quaternary nitrogens is 1. The van der Waals surface area contributed by atoms with Crippen molar-refractivity contribution in [2.75, 3.05) is 34.5 Å². The van der Waals surface area contributed by atoms with Gasteiger partial charge < -0.3 is 24.4 Å². The van der Waals surface area contributed by atoms with E-state index < -0.39 is 0 Å². The van der Waals surface area contributed by atoms with Crippen LogP contribution in [0.2, 0.25) is 0 Å². The normalized spacial score (nSPS) is 19.0. The van der Waals surface area contributed by atoms with E-state index >= 15 is 0 Å². The number of carbonyl (C=O) groups is 1. The van der Waals surface area contributed by atoms with Crippen molar-refractivity contribution in [2.24, 2.45) is 0 Å². The van der Waals surface area contributed by atoms with Gasteiger partial charge in [0.15, 0.2) is 11.5 Å². The summed E-state index contributed by atoms with van der Waals surface area (Å²) in [6.45, 7) is 3.63. The van der Waals surface area contributed by atoms with Crippen LogP contribution < -0.4 is 19.7 Å². The molecule has 1 aliphatic heterocycles. The monoisotopic (exact) mass is 417 g/mol. The predicted molar refractivity (Wildman–Crippen MR) is 111 cm³/mol. The second-order valence-electron chi connectivity index (χ2n) is 7.63. The fourth-order valence-corrected chi connectivity index (χ4v) is 4.31. The highest BCUT2D eigenvalue weighted by Gasteiger charge is 2.37. The van der Waals surface area contributed by atoms with E-state index in [-0.39, 0.29) is 30.4 Å². The zero-order valence-electron chi connectivity index (χ0n) is 18.0. The minimum atomic E-state index is -0.244. The smallest absolute Gasteiger partial charge is 0.246 e. The zero-order valence-corrected chi connectivity index (χ0v) is 18.0. The van der Waals surface area contributed by atoms with E-state index in [0.29, 0.717) is 11.5 Å². The number of ether oxygens (including phenoxy) is 3. The van der Waals surface area contributed by atoms with Crippen molar-refractivity contribution in [1.29, 1.82) is 0 Å². The van der Waals surface area contributed by atoms with E-state index in [1.807, 2.05) is 31.2 Å². The van der Waals surface area contributed by atoms with Crippen LogP contribution in [-0.4, -0.2) is 46.4 Å². The molecule has 3 atom stereocenters. The molecule has 7 heteroatoms. The molecule has 30 heavy (non-hydrogen) atoms. The summed E-state index contributed by atoms with van der Waals surface area (Å²) < 4.78 is 29.3. The Bertz CT molecular complexity index is 872. The van der Waals surface area contributed by atoms with Crippen LogP contribution in [0.25, 0.3) is 0 Å². The Hall–Kier alpha value is -2.64. The number of amides is 1. The van der Waals surface area contributed by atoms with Crippen LogP contribution in [0.3, 0.4) is 0 Å². The van der Waals surface area contributed by atoms with Crippen LogP contribution in [0.1, 0.15) is 29.7 Å². The number of methoxy groups -OCH3 is 3. The van der Waals surface area contributed by atoms with Gasteiger partial charge in [-0.25, -0.2) is 4.39 Å². The highest BCUT2D eigenvalue weighted by molar-refractivity contribution is 5.77. The molecule has 0 aliphatic carbocycles. The molecule has 0 spiro atoms. The van der Waals surface area contributed by atoms with E-state index in [0.717, 1.165) is 30.6 Å². The first-order chi connectivity index (χ1) is 14.5. The Labute approximate surface area is 176 Å². The van der Waals surface area contributed by atoms with Crippen molar-refractivity contribution in [2.45, 2.75) is 32.0 Å². The minimum Gasteiger partial charge on any atom is -0.493 e. The van der Waals surface area contributed by atoms with E-state index in [9.17, 15) is 9.18 Å². The first-order valence-corrected chi connectivity index (χ1v) is 10.1. The second-order valence-corrected chi connectivity index (χ2v) is 7.63. The maximum atomic E-state index is 13.3. The van der Waals surface area contributed by atoms with Gasteiger partial charge in [-0.05, 0) is 36.8 Å². The van der Waals surface area contributed by atoms with Gasteiger partial charge >= 0.3 is 0 Å². The van der Waals surface area contributed by atoms with Crippen LogP contribution in [0.5, 0.6) is 11.5 Å². The Balaban J connectivity index is 1.96. The summed E-state index contributed by atoms with van der Waals surface area (Å²) in [7, 11) is 4.75. The third kappa shape index (κ3) is 4.91. The predicted octanol–water partition coefficient (Wildman–Crippen LogP) is 1.68. The van der Waals surface area contributed by atoms with Gasteiger partial charge in [-0.3, -0.25) is 4.79 Å². The molecule has 2 aromatic rings. The summed E-state index contributed by atoms with van der Waals surface area (Å²) in [4.78, 5) is 13.5. The van der Waals surface area contributed by atoms with Gasteiger partial charge in [0.2, 0.25) is 5.91 Å². The third-order valence-electron chi connectivity index (χ3n) is 5.64. The zero-order chi connectivity index (χ0) is 21.7. The van der Waals surface area contributed by atoms with Gasteiger partial charge in [-0.15, -0.1) is 0 Å².